The van der Waals surface area contributed by atoms with Crippen LogP contribution < -0.4 is 9.64 Å². The lowest BCUT2D eigenvalue weighted by molar-refractivity contribution is -0.154. The van der Waals surface area contributed by atoms with E-state index in [4.69, 9.17) is 32.7 Å². The molecule has 0 saturated heterocycles. The molecule has 170 valence electrons. The van der Waals surface area contributed by atoms with Crippen LogP contribution in [0.1, 0.15) is 32.4 Å². The predicted octanol–water partition coefficient (Wildman–Crippen LogP) is 6.88. The van der Waals surface area contributed by atoms with Crippen molar-refractivity contribution in [3.63, 3.8) is 0 Å². The zero-order chi connectivity index (χ0) is 23.8. The summed E-state index contributed by atoms with van der Waals surface area (Å²) >= 11 is 11.5. The maximum Gasteiger partial charge on any atom is 0.311 e. The number of esters is 1. The maximum atomic E-state index is 12.9. The van der Waals surface area contributed by atoms with Crippen LogP contribution in [-0.2, 0) is 9.53 Å². The van der Waals surface area contributed by atoms with Crippen molar-refractivity contribution in [3.05, 3.63) is 64.7 Å². The minimum atomic E-state index is -1.06. The van der Waals surface area contributed by atoms with Gasteiger partial charge in [0.25, 0.3) is 0 Å². The Morgan fingerprint density at radius 3 is 2.25 bits per heavy atom. The highest BCUT2D eigenvalue weighted by atomic mass is 35.5. The second-order valence-electron chi connectivity index (χ2n) is 8.09. The van der Waals surface area contributed by atoms with Crippen molar-refractivity contribution in [2.45, 2.75) is 26.9 Å². The minimum absolute atomic E-state index is 0.0272. The first-order chi connectivity index (χ1) is 15.1. The highest BCUT2D eigenvalue weighted by molar-refractivity contribution is 6.55. The third kappa shape index (κ3) is 7.19. The fraction of sp³-hybridized carbons (Fsp3) is 0.360. The van der Waals surface area contributed by atoms with Crippen LogP contribution in [0.3, 0.4) is 0 Å². The summed E-state index contributed by atoms with van der Waals surface area (Å²) in [5.74, 6) is -0.0329. The monoisotopic (exact) mass is 474 g/mol. The standard InChI is InChI=1S/C25H28Cl2N2O3/c1-16(2)24(17(3)13-23(26)27)25(30)32-22(15-28)18-7-6-8-21(14-18)31-20-11-9-19(10-12-20)29(4)5/h6-14,16-17,22,24H,1-5H3. The summed E-state index contributed by atoms with van der Waals surface area (Å²) in [7, 11) is 3.93. The molecule has 0 fully saturated rings. The van der Waals surface area contributed by atoms with Gasteiger partial charge in [0, 0.05) is 25.3 Å². The third-order valence-corrected chi connectivity index (χ3v) is 5.30. The van der Waals surface area contributed by atoms with E-state index >= 15 is 0 Å². The van der Waals surface area contributed by atoms with Crippen LogP contribution in [0.2, 0.25) is 0 Å². The molecule has 2 aromatic carbocycles. The van der Waals surface area contributed by atoms with Crippen molar-refractivity contribution < 1.29 is 14.3 Å². The van der Waals surface area contributed by atoms with E-state index in [1.807, 2.05) is 64.0 Å². The van der Waals surface area contributed by atoms with Crippen LogP contribution in [0.25, 0.3) is 0 Å². The number of carbonyl (C=O) groups is 1. The number of nitriles is 1. The molecular formula is C25H28Cl2N2O3. The van der Waals surface area contributed by atoms with E-state index in [0.29, 0.717) is 17.1 Å². The number of rotatable bonds is 9. The number of carbonyl (C=O) groups excluding carboxylic acids is 1. The van der Waals surface area contributed by atoms with Gasteiger partial charge in [-0.2, -0.15) is 5.26 Å². The third-order valence-electron chi connectivity index (χ3n) is 5.05. The van der Waals surface area contributed by atoms with Gasteiger partial charge in [-0.05, 0) is 48.2 Å². The lowest BCUT2D eigenvalue weighted by Gasteiger charge is -2.25. The fourth-order valence-corrected chi connectivity index (χ4v) is 3.85. The predicted molar refractivity (Wildman–Crippen MR) is 129 cm³/mol. The van der Waals surface area contributed by atoms with Gasteiger partial charge in [0.05, 0.1) is 5.92 Å². The van der Waals surface area contributed by atoms with E-state index in [0.717, 1.165) is 5.69 Å². The molecule has 3 atom stereocenters. The van der Waals surface area contributed by atoms with Crippen molar-refractivity contribution in [3.8, 4) is 17.6 Å². The lowest BCUT2D eigenvalue weighted by atomic mass is 9.84. The van der Waals surface area contributed by atoms with Gasteiger partial charge in [-0.1, -0.05) is 62.2 Å². The molecule has 2 aromatic rings. The second kappa shape index (κ2) is 11.8. The Morgan fingerprint density at radius 1 is 1.06 bits per heavy atom. The summed E-state index contributed by atoms with van der Waals surface area (Å²) in [4.78, 5) is 14.9. The number of anilines is 1. The Morgan fingerprint density at radius 2 is 1.72 bits per heavy atom. The van der Waals surface area contributed by atoms with E-state index in [9.17, 15) is 10.1 Å². The zero-order valence-corrected chi connectivity index (χ0v) is 20.4. The van der Waals surface area contributed by atoms with Gasteiger partial charge in [0.15, 0.2) is 0 Å². The Balaban J connectivity index is 2.18. The van der Waals surface area contributed by atoms with Gasteiger partial charge in [-0.25, -0.2) is 0 Å². The van der Waals surface area contributed by atoms with Gasteiger partial charge in [0.1, 0.15) is 22.1 Å². The van der Waals surface area contributed by atoms with Crippen LogP contribution in [0.4, 0.5) is 5.69 Å². The molecule has 0 heterocycles. The molecular weight excluding hydrogens is 447 g/mol. The molecule has 0 N–H and O–H groups in total. The maximum absolute atomic E-state index is 12.9. The molecule has 0 radical (unpaired) electrons. The molecule has 0 saturated carbocycles. The molecule has 0 bridgehead atoms. The average molecular weight is 475 g/mol. The Bertz CT molecular complexity index is 977. The van der Waals surface area contributed by atoms with Gasteiger partial charge in [-0.3, -0.25) is 4.79 Å². The first-order valence-electron chi connectivity index (χ1n) is 10.3. The SMILES string of the molecule is CC(C)C(C(=O)OC(C#N)c1cccc(Oc2ccc(N(C)C)cc2)c1)C(C)C=C(Cl)Cl. The molecule has 0 aliphatic carbocycles. The topological polar surface area (TPSA) is 62.6 Å². The van der Waals surface area contributed by atoms with Crippen molar-refractivity contribution >= 4 is 34.9 Å². The summed E-state index contributed by atoms with van der Waals surface area (Å²) < 4.78 is 11.6. The summed E-state index contributed by atoms with van der Waals surface area (Å²) in [5.41, 5.74) is 1.59. The van der Waals surface area contributed by atoms with Crippen LogP contribution in [0.5, 0.6) is 11.5 Å². The van der Waals surface area contributed by atoms with Gasteiger partial charge in [-0.15, -0.1) is 0 Å². The highest BCUT2D eigenvalue weighted by Crippen LogP contribution is 2.31. The second-order valence-corrected chi connectivity index (χ2v) is 9.10. The number of ether oxygens (including phenoxy) is 2. The molecule has 0 aliphatic heterocycles. The smallest absolute Gasteiger partial charge is 0.311 e. The van der Waals surface area contributed by atoms with E-state index in [2.05, 4.69) is 6.07 Å². The summed E-state index contributed by atoms with van der Waals surface area (Å²) in [6.07, 6.45) is 0.540. The number of hydrogen-bond acceptors (Lipinski definition) is 5. The van der Waals surface area contributed by atoms with Crippen LogP contribution in [0.15, 0.2) is 59.1 Å². The van der Waals surface area contributed by atoms with Gasteiger partial charge in [0.2, 0.25) is 6.10 Å². The summed E-state index contributed by atoms with van der Waals surface area (Å²) in [6, 6.07) is 16.7. The first kappa shape index (κ1) is 25.6. The number of hydrogen-bond donors (Lipinski definition) is 0. The van der Waals surface area contributed by atoms with Gasteiger partial charge < -0.3 is 14.4 Å². The molecule has 0 aromatic heterocycles. The molecule has 0 aliphatic rings. The van der Waals surface area contributed by atoms with E-state index in [1.165, 1.54) is 0 Å². The molecule has 32 heavy (non-hydrogen) atoms. The molecule has 2 rings (SSSR count). The Kier molecular flexibility index (Phi) is 9.43. The van der Waals surface area contributed by atoms with Gasteiger partial charge >= 0.3 is 5.97 Å². The van der Waals surface area contributed by atoms with Crippen molar-refractivity contribution in [2.24, 2.45) is 17.8 Å². The summed E-state index contributed by atoms with van der Waals surface area (Å²) in [5, 5.41) is 9.67. The van der Waals surface area contributed by atoms with E-state index in [1.54, 1.807) is 30.3 Å². The molecule has 0 spiro atoms. The lowest BCUT2D eigenvalue weighted by Crippen LogP contribution is -2.29. The molecule has 5 nitrogen and oxygen atoms in total. The van der Waals surface area contributed by atoms with E-state index in [-0.39, 0.29) is 16.3 Å². The van der Waals surface area contributed by atoms with E-state index < -0.39 is 18.0 Å². The highest BCUT2D eigenvalue weighted by Gasteiger charge is 2.31. The number of nitrogens with zero attached hydrogens (tertiary/aromatic N) is 2. The summed E-state index contributed by atoms with van der Waals surface area (Å²) in [6.45, 7) is 5.67. The molecule has 0 amide bonds. The Hall–Kier alpha value is -2.68. The zero-order valence-electron chi connectivity index (χ0n) is 18.9. The van der Waals surface area contributed by atoms with Crippen molar-refractivity contribution in [1.82, 2.24) is 0 Å². The number of allylic oxidation sites excluding steroid dienone is 1. The Labute approximate surface area is 200 Å². The van der Waals surface area contributed by atoms with Crippen LogP contribution in [0, 0.1) is 29.1 Å². The average Bonchev–Trinajstić information content (AvgIpc) is 2.71. The molecule has 3 unspecified atom stereocenters. The molecule has 7 heteroatoms. The van der Waals surface area contributed by atoms with Crippen LogP contribution in [-0.4, -0.2) is 20.1 Å². The van der Waals surface area contributed by atoms with Crippen molar-refractivity contribution in [2.75, 3.05) is 19.0 Å². The van der Waals surface area contributed by atoms with Crippen LogP contribution >= 0.6 is 23.2 Å². The minimum Gasteiger partial charge on any atom is -0.457 e. The normalized spacial score (nSPS) is 13.5. The first-order valence-corrected chi connectivity index (χ1v) is 11.1. The fourth-order valence-electron chi connectivity index (χ4n) is 3.45. The number of benzene rings is 2. The van der Waals surface area contributed by atoms with Crippen molar-refractivity contribution in [1.29, 1.82) is 5.26 Å². The largest absolute Gasteiger partial charge is 0.457 e. The quantitative estimate of drug-likeness (QED) is 0.370. The number of halogens is 2.